The molecule has 1 amide bonds. The minimum atomic E-state index is -1.07. The van der Waals surface area contributed by atoms with Gasteiger partial charge in [-0.25, -0.2) is 9.18 Å². The van der Waals surface area contributed by atoms with Crippen molar-refractivity contribution in [3.8, 4) is 0 Å². The van der Waals surface area contributed by atoms with Crippen molar-refractivity contribution >= 4 is 23.2 Å². The second kappa shape index (κ2) is 7.34. The highest BCUT2D eigenvalue weighted by Crippen LogP contribution is 2.24. The van der Waals surface area contributed by atoms with Crippen LogP contribution in [0.5, 0.6) is 0 Å². The van der Waals surface area contributed by atoms with Crippen molar-refractivity contribution in [1.29, 1.82) is 0 Å². The third-order valence-electron chi connectivity index (χ3n) is 3.42. The number of carboxylic acid groups (broad SMARTS) is 1. The molecule has 0 bridgehead atoms. The number of hydrogen-bond donors (Lipinski definition) is 1. The summed E-state index contributed by atoms with van der Waals surface area (Å²) in [7, 11) is 3.12. The Morgan fingerprint density at radius 2 is 2.00 bits per heavy atom. The number of halogens is 1. The van der Waals surface area contributed by atoms with Gasteiger partial charge in [0.2, 0.25) is 0 Å². The number of carbonyl (C=O) groups is 2. The summed E-state index contributed by atoms with van der Waals surface area (Å²) in [4.78, 5) is 25.3. The Hall–Kier alpha value is -2.25. The van der Waals surface area contributed by atoms with E-state index >= 15 is 0 Å². The van der Waals surface area contributed by atoms with E-state index in [0.717, 1.165) is 16.9 Å². The summed E-state index contributed by atoms with van der Waals surface area (Å²) in [6, 6.07) is 6.79. The van der Waals surface area contributed by atoms with Crippen LogP contribution in [0.15, 0.2) is 35.7 Å². The SMILES string of the molecule is COCC(c1ccc(F)cc1)N(C)C(=O)c1cc(C(=O)O)cs1. The molecule has 1 aromatic heterocycles. The molecule has 7 heteroatoms. The van der Waals surface area contributed by atoms with Crippen molar-refractivity contribution in [2.75, 3.05) is 20.8 Å². The molecule has 1 N–H and O–H groups in total. The van der Waals surface area contributed by atoms with E-state index in [1.807, 2.05) is 0 Å². The Kier molecular flexibility index (Phi) is 5.46. The van der Waals surface area contributed by atoms with Crippen LogP contribution >= 0.6 is 11.3 Å². The third kappa shape index (κ3) is 3.94. The van der Waals surface area contributed by atoms with Crippen LogP contribution in [0, 0.1) is 5.82 Å². The molecule has 0 spiro atoms. The number of amides is 1. The molecule has 0 aliphatic rings. The number of nitrogens with zero attached hydrogens (tertiary/aromatic N) is 1. The number of ether oxygens (including phenoxy) is 1. The van der Waals surface area contributed by atoms with Crippen LogP contribution in [-0.4, -0.2) is 42.6 Å². The zero-order chi connectivity index (χ0) is 17.0. The van der Waals surface area contributed by atoms with E-state index in [9.17, 15) is 14.0 Å². The number of methoxy groups -OCH3 is 1. The molecule has 2 rings (SSSR count). The van der Waals surface area contributed by atoms with Crippen molar-refractivity contribution < 1.29 is 23.8 Å². The largest absolute Gasteiger partial charge is 0.478 e. The number of carboxylic acids is 1. The van der Waals surface area contributed by atoms with Gasteiger partial charge in [-0.05, 0) is 23.8 Å². The first-order valence-corrected chi connectivity index (χ1v) is 7.65. The van der Waals surface area contributed by atoms with Gasteiger partial charge in [-0.2, -0.15) is 0 Å². The molecule has 1 atom stereocenters. The highest BCUT2D eigenvalue weighted by atomic mass is 32.1. The Morgan fingerprint density at radius 3 is 2.52 bits per heavy atom. The zero-order valence-electron chi connectivity index (χ0n) is 12.7. The van der Waals surface area contributed by atoms with Gasteiger partial charge in [0.1, 0.15) is 5.82 Å². The summed E-state index contributed by atoms with van der Waals surface area (Å²) in [5.74, 6) is -1.74. The molecule has 0 radical (unpaired) electrons. The van der Waals surface area contributed by atoms with Crippen molar-refractivity contribution in [2.24, 2.45) is 0 Å². The van der Waals surface area contributed by atoms with Crippen molar-refractivity contribution in [3.63, 3.8) is 0 Å². The fourth-order valence-electron chi connectivity index (χ4n) is 2.15. The lowest BCUT2D eigenvalue weighted by Gasteiger charge is -2.27. The number of benzene rings is 1. The van der Waals surface area contributed by atoms with Crippen LogP contribution in [-0.2, 0) is 4.74 Å². The average molecular weight is 337 g/mol. The zero-order valence-corrected chi connectivity index (χ0v) is 13.5. The van der Waals surface area contributed by atoms with Gasteiger partial charge in [0, 0.05) is 19.5 Å². The fraction of sp³-hybridized carbons (Fsp3) is 0.250. The van der Waals surface area contributed by atoms with Crippen LogP contribution in [0.3, 0.4) is 0 Å². The van der Waals surface area contributed by atoms with E-state index in [-0.39, 0.29) is 23.9 Å². The van der Waals surface area contributed by atoms with E-state index in [1.54, 1.807) is 19.2 Å². The molecular weight excluding hydrogens is 321 g/mol. The first-order valence-electron chi connectivity index (χ1n) is 6.77. The summed E-state index contributed by atoms with van der Waals surface area (Å²) in [6.45, 7) is 0.241. The molecule has 0 aliphatic carbocycles. The Labute approximate surface area is 136 Å². The summed E-state index contributed by atoms with van der Waals surface area (Å²) >= 11 is 1.07. The Morgan fingerprint density at radius 1 is 1.35 bits per heavy atom. The maximum atomic E-state index is 13.1. The van der Waals surface area contributed by atoms with Crippen LogP contribution in [0.2, 0.25) is 0 Å². The summed E-state index contributed by atoms with van der Waals surface area (Å²) in [5, 5.41) is 10.4. The lowest BCUT2D eigenvalue weighted by molar-refractivity contribution is 0.0607. The van der Waals surface area contributed by atoms with Gasteiger partial charge in [-0.15, -0.1) is 11.3 Å². The molecule has 0 saturated carbocycles. The number of aromatic carboxylic acids is 1. The summed E-state index contributed by atoms with van der Waals surface area (Å²) in [5.41, 5.74) is 0.816. The van der Waals surface area contributed by atoms with Gasteiger partial charge in [-0.1, -0.05) is 12.1 Å². The first kappa shape index (κ1) is 17.1. The first-order chi connectivity index (χ1) is 10.9. The molecule has 1 heterocycles. The van der Waals surface area contributed by atoms with E-state index in [2.05, 4.69) is 0 Å². The normalized spacial score (nSPS) is 12.0. The average Bonchev–Trinajstić information content (AvgIpc) is 3.02. The third-order valence-corrected chi connectivity index (χ3v) is 4.34. The Balaban J connectivity index is 2.25. The number of likely N-dealkylation sites (N-methyl/N-ethyl adjacent to an activating group) is 1. The molecule has 23 heavy (non-hydrogen) atoms. The molecule has 1 unspecified atom stereocenters. The van der Waals surface area contributed by atoms with Gasteiger partial charge in [-0.3, -0.25) is 4.79 Å². The molecule has 0 fully saturated rings. The van der Waals surface area contributed by atoms with E-state index in [0.29, 0.717) is 4.88 Å². The predicted molar refractivity (Wildman–Crippen MR) is 84.4 cm³/mol. The molecular formula is C16H16FNO4S. The molecule has 0 saturated heterocycles. The molecule has 2 aromatic rings. The van der Waals surface area contributed by atoms with Gasteiger partial charge in [0.15, 0.2) is 0 Å². The second-order valence-corrected chi connectivity index (χ2v) is 5.85. The van der Waals surface area contributed by atoms with Crippen molar-refractivity contribution in [1.82, 2.24) is 4.90 Å². The van der Waals surface area contributed by atoms with Crippen LogP contribution in [0.25, 0.3) is 0 Å². The summed E-state index contributed by atoms with van der Waals surface area (Å²) in [6.07, 6.45) is 0. The van der Waals surface area contributed by atoms with E-state index in [4.69, 9.17) is 9.84 Å². The molecule has 5 nitrogen and oxygen atoms in total. The van der Waals surface area contributed by atoms with Crippen molar-refractivity contribution in [3.05, 3.63) is 57.5 Å². The van der Waals surface area contributed by atoms with Gasteiger partial charge in [0.25, 0.3) is 5.91 Å². The second-order valence-electron chi connectivity index (χ2n) is 4.94. The predicted octanol–water partition coefficient (Wildman–Crippen LogP) is 3.05. The lowest BCUT2D eigenvalue weighted by Crippen LogP contribution is -2.33. The standard InChI is InChI=1S/C16H16FNO4S/c1-18(15(19)14-7-11(9-23-14)16(20)21)13(8-22-2)10-3-5-12(17)6-4-10/h3-7,9,13H,8H2,1-2H3,(H,20,21). The van der Waals surface area contributed by atoms with E-state index < -0.39 is 12.0 Å². The number of hydrogen-bond acceptors (Lipinski definition) is 4. The van der Waals surface area contributed by atoms with Crippen LogP contribution in [0.1, 0.15) is 31.6 Å². The monoisotopic (exact) mass is 337 g/mol. The summed E-state index contributed by atoms with van der Waals surface area (Å²) < 4.78 is 18.2. The highest BCUT2D eigenvalue weighted by Gasteiger charge is 2.24. The van der Waals surface area contributed by atoms with Gasteiger partial charge in [0.05, 0.1) is 23.1 Å². The maximum Gasteiger partial charge on any atom is 0.336 e. The number of carbonyl (C=O) groups excluding carboxylic acids is 1. The quantitative estimate of drug-likeness (QED) is 0.880. The maximum absolute atomic E-state index is 13.1. The number of thiophene rings is 1. The van der Waals surface area contributed by atoms with E-state index in [1.165, 1.54) is 35.6 Å². The molecule has 122 valence electrons. The number of rotatable bonds is 6. The highest BCUT2D eigenvalue weighted by molar-refractivity contribution is 7.12. The smallest absolute Gasteiger partial charge is 0.336 e. The molecule has 1 aromatic carbocycles. The van der Waals surface area contributed by atoms with Crippen LogP contribution in [0.4, 0.5) is 4.39 Å². The Bertz CT molecular complexity index is 698. The van der Waals surface area contributed by atoms with Gasteiger partial charge >= 0.3 is 5.97 Å². The minimum Gasteiger partial charge on any atom is -0.478 e. The minimum absolute atomic E-state index is 0.0804. The van der Waals surface area contributed by atoms with Gasteiger partial charge < -0.3 is 14.7 Å². The fourth-order valence-corrected chi connectivity index (χ4v) is 3.01. The molecule has 0 aliphatic heterocycles. The van der Waals surface area contributed by atoms with Crippen molar-refractivity contribution in [2.45, 2.75) is 6.04 Å². The topological polar surface area (TPSA) is 66.8 Å². The lowest BCUT2D eigenvalue weighted by atomic mass is 10.1. The van der Waals surface area contributed by atoms with Crippen LogP contribution < -0.4 is 0 Å².